The van der Waals surface area contributed by atoms with Gasteiger partial charge in [0.1, 0.15) is 16.4 Å². The monoisotopic (exact) mass is 225 g/mol. The van der Waals surface area contributed by atoms with E-state index in [1.165, 1.54) is 11.8 Å². The number of anilines is 1. The Morgan fingerprint density at radius 1 is 1.53 bits per heavy atom. The molecule has 0 unspecified atom stereocenters. The van der Waals surface area contributed by atoms with Gasteiger partial charge in [-0.1, -0.05) is 12.1 Å². The van der Waals surface area contributed by atoms with Crippen LogP contribution in [0.3, 0.4) is 0 Å². The summed E-state index contributed by atoms with van der Waals surface area (Å²) < 4.78 is 5.11. The van der Waals surface area contributed by atoms with E-state index in [0.717, 1.165) is 11.4 Å². The lowest BCUT2D eigenvalue weighted by Gasteiger charge is -1.93. The van der Waals surface area contributed by atoms with E-state index >= 15 is 0 Å². The molecule has 6 nitrogen and oxygen atoms in total. The minimum atomic E-state index is 0.419. The Bertz CT molecular complexity index is 463. The molecule has 3 N–H and O–H groups in total. The van der Waals surface area contributed by atoms with Crippen LogP contribution in [0.1, 0.15) is 12.7 Å². The summed E-state index contributed by atoms with van der Waals surface area (Å²) in [6.07, 6.45) is 2.64. The van der Waals surface area contributed by atoms with Crippen molar-refractivity contribution in [2.24, 2.45) is 0 Å². The van der Waals surface area contributed by atoms with E-state index in [-0.39, 0.29) is 0 Å². The Morgan fingerprint density at radius 2 is 2.33 bits per heavy atom. The highest BCUT2D eigenvalue weighted by Crippen LogP contribution is 2.31. The van der Waals surface area contributed by atoms with Crippen LogP contribution in [0, 0.1) is 0 Å². The zero-order valence-electron chi connectivity index (χ0n) is 8.44. The lowest BCUT2D eigenvalue weighted by molar-refractivity contribution is 0.422. The molecular formula is C8H11N5OS. The van der Waals surface area contributed by atoms with E-state index in [1.54, 1.807) is 0 Å². The Hall–Kier alpha value is -1.50. The Balaban J connectivity index is 2.47. The molecule has 15 heavy (non-hydrogen) atoms. The van der Waals surface area contributed by atoms with E-state index in [0.29, 0.717) is 23.1 Å². The van der Waals surface area contributed by atoms with Crippen molar-refractivity contribution < 1.29 is 4.52 Å². The van der Waals surface area contributed by atoms with Gasteiger partial charge in [-0.15, -0.1) is 11.8 Å². The largest absolute Gasteiger partial charge is 0.383 e. The highest BCUT2D eigenvalue weighted by molar-refractivity contribution is 7.98. The van der Waals surface area contributed by atoms with Gasteiger partial charge in [-0.25, -0.2) is 0 Å². The van der Waals surface area contributed by atoms with Gasteiger partial charge in [0.15, 0.2) is 5.82 Å². The van der Waals surface area contributed by atoms with Gasteiger partial charge in [-0.2, -0.15) is 10.1 Å². The molecule has 0 fully saturated rings. The molecule has 0 aliphatic rings. The maximum absolute atomic E-state index is 5.74. The number of nitrogens with one attached hydrogen (secondary N) is 1. The first-order valence-electron chi connectivity index (χ1n) is 4.47. The fourth-order valence-electron chi connectivity index (χ4n) is 1.19. The van der Waals surface area contributed by atoms with Crippen LogP contribution in [0.5, 0.6) is 0 Å². The second kappa shape index (κ2) is 3.93. The van der Waals surface area contributed by atoms with E-state index in [4.69, 9.17) is 10.3 Å². The topological polar surface area (TPSA) is 93.6 Å². The minimum absolute atomic E-state index is 0.419. The summed E-state index contributed by atoms with van der Waals surface area (Å²) in [7, 11) is 0. The van der Waals surface area contributed by atoms with E-state index in [2.05, 4.69) is 20.3 Å². The summed E-state index contributed by atoms with van der Waals surface area (Å²) in [5.41, 5.74) is 6.43. The van der Waals surface area contributed by atoms with Crippen molar-refractivity contribution in [1.29, 1.82) is 0 Å². The van der Waals surface area contributed by atoms with Gasteiger partial charge in [0.05, 0.1) is 0 Å². The lowest BCUT2D eigenvalue weighted by Crippen LogP contribution is -1.89. The maximum Gasteiger partial charge on any atom is 0.264 e. The van der Waals surface area contributed by atoms with Crippen molar-refractivity contribution in [3.05, 3.63) is 5.82 Å². The fourth-order valence-corrected chi connectivity index (χ4v) is 1.73. The van der Waals surface area contributed by atoms with E-state index in [1.807, 2.05) is 13.2 Å². The zero-order chi connectivity index (χ0) is 10.8. The van der Waals surface area contributed by atoms with E-state index < -0.39 is 0 Å². The van der Waals surface area contributed by atoms with Crippen LogP contribution in [0.15, 0.2) is 9.55 Å². The molecule has 2 heterocycles. The fraction of sp³-hybridized carbons (Fsp3) is 0.375. The van der Waals surface area contributed by atoms with Crippen LogP contribution in [0.4, 0.5) is 5.82 Å². The van der Waals surface area contributed by atoms with Gasteiger partial charge < -0.3 is 10.3 Å². The number of nitrogen functional groups attached to an aromatic ring is 1. The van der Waals surface area contributed by atoms with Crippen molar-refractivity contribution in [3.63, 3.8) is 0 Å². The molecule has 0 saturated heterocycles. The number of aromatic amines is 1. The third-order valence-electron chi connectivity index (χ3n) is 1.95. The number of hydrogen-bond donors (Lipinski definition) is 2. The van der Waals surface area contributed by atoms with Crippen molar-refractivity contribution in [2.45, 2.75) is 18.4 Å². The smallest absolute Gasteiger partial charge is 0.264 e. The second-order valence-corrected chi connectivity index (χ2v) is 3.69. The number of nitrogens with two attached hydrogens (primary N) is 1. The molecule has 0 radical (unpaired) electrons. The first-order chi connectivity index (χ1) is 7.26. The van der Waals surface area contributed by atoms with Crippen LogP contribution in [-0.4, -0.2) is 26.6 Å². The van der Waals surface area contributed by atoms with Crippen LogP contribution >= 0.6 is 11.8 Å². The van der Waals surface area contributed by atoms with Gasteiger partial charge in [0.2, 0.25) is 0 Å². The number of aromatic nitrogens is 4. The molecule has 0 amide bonds. The van der Waals surface area contributed by atoms with Crippen LogP contribution in [0.25, 0.3) is 11.5 Å². The molecular weight excluding hydrogens is 214 g/mol. The van der Waals surface area contributed by atoms with Gasteiger partial charge in [-0.3, -0.25) is 5.10 Å². The first-order valence-corrected chi connectivity index (χ1v) is 5.69. The molecule has 2 rings (SSSR count). The predicted octanol–water partition coefficient (Wildman–Crippen LogP) is 1.33. The van der Waals surface area contributed by atoms with Gasteiger partial charge in [0.25, 0.3) is 5.89 Å². The molecule has 0 aliphatic heterocycles. The minimum Gasteiger partial charge on any atom is -0.383 e. The Labute approximate surface area is 90.6 Å². The number of H-pyrrole nitrogens is 1. The first kappa shape index (κ1) is 10.0. The van der Waals surface area contributed by atoms with Gasteiger partial charge in [-0.05, 0) is 6.26 Å². The molecule has 0 bridgehead atoms. The molecule has 2 aromatic heterocycles. The molecule has 7 heteroatoms. The summed E-state index contributed by atoms with van der Waals surface area (Å²) >= 11 is 1.48. The second-order valence-electron chi connectivity index (χ2n) is 2.89. The quantitative estimate of drug-likeness (QED) is 0.765. The number of aryl methyl sites for hydroxylation is 1. The summed E-state index contributed by atoms with van der Waals surface area (Å²) in [5, 5.41) is 11.3. The Morgan fingerprint density at radius 3 is 2.93 bits per heavy atom. The van der Waals surface area contributed by atoms with Crippen molar-refractivity contribution in [1.82, 2.24) is 20.3 Å². The average Bonchev–Trinajstić information content (AvgIpc) is 2.83. The molecule has 80 valence electrons. The number of nitrogens with zero attached hydrogens (tertiary/aromatic N) is 3. The molecule has 0 spiro atoms. The maximum atomic E-state index is 5.74. The molecule has 0 aliphatic carbocycles. The van der Waals surface area contributed by atoms with Crippen LogP contribution in [-0.2, 0) is 6.42 Å². The summed E-state index contributed by atoms with van der Waals surface area (Å²) in [5.74, 6) is 1.53. The highest BCUT2D eigenvalue weighted by Gasteiger charge is 2.18. The Kier molecular flexibility index (Phi) is 2.63. The lowest BCUT2D eigenvalue weighted by atomic mass is 10.3. The third-order valence-corrected chi connectivity index (χ3v) is 2.63. The number of rotatable bonds is 3. The number of thioether (sulfide) groups is 1. The average molecular weight is 225 g/mol. The SMILES string of the molecule is CCc1noc(-c2c(SC)n[nH]c2N)n1. The number of hydrogen-bond acceptors (Lipinski definition) is 6. The van der Waals surface area contributed by atoms with Gasteiger partial charge >= 0.3 is 0 Å². The van der Waals surface area contributed by atoms with Gasteiger partial charge in [0, 0.05) is 6.42 Å². The summed E-state index contributed by atoms with van der Waals surface area (Å²) in [4.78, 5) is 4.21. The highest BCUT2D eigenvalue weighted by atomic mass is 32.2. The molecule has 2 aromatic rings. The third kappa shape index (κ3) is 1.70. The van der Waals surface area contributed by atoms with Crippen molar-refractivity contribution in [3.8, 4) is 11.5 Å². The van der Waals surface area contributed by atoms with Crippen molar-refractivity contribution in [2.75, 3.05) is 12.0 Å². The van der Waals surface area contributed by atoms with Crippen LogP contribution < -0.4 is 5.73 Å². The molecule has 0 saturated carbocycles. The normalized spacial score (nSPS) is 10.8. The molecule has 0 aromatic carbocycles. The summed E-state index contributed by atoms with van der Waals surface area (Å²) in [6, 6.07) is 0. The van der Waals surface area contributed by atoms with Crippen molar-refractivity contribution >= 4 is 17.6 Å². The van der Waals surface area contributed by atoms with Crippen LogP contribution in [0.2, 0.25) is 0 Å². The standard InChI is InChI=1S/C8H11N5OS/c1-3-4-10-7(14-13-4)5-6(9)11-12-8(5)15-2/h3H2,1-2H3,(H3,9,11,12). The summed E-state index contributed by atoms with van der Waals surface area (Å²) in [6.45, 7) is 1.96. The molecule has 0 atom stereocenters. The van der Waals surface area contributed by atoms with E-state index in [9.17, 15) is 0 Å². The zero-order valence-corrected chi connectivity index (χ0v) is 9.26. The predicted molar refractivity (Wildman–Crippen MR) is 57.5 cm³/mol.